The smallest absolute Gasteiger partial charge is 0.273 e. The lowest BCUT2D eigenvalue weighted by Gasteiger charge is -2.14. The molecule has 1 saturated heterocycles. The number of carbonyl (C=O) groups excluding carboxylic acids is 1. The highest BCUT2D eigenvalue weighted by Gasteiger charge is 2.20. The highest BCUT2D eigenvalue weighted by Crippen LogP contribution is 2.12. The fourth-order valence-electron chi connectivity index (χ4n) is 2.59. The zero-order chi connectivity index (χ0) is 16.8. The van der Waals surface area contributed by atoms with Gasteiger partial charge in [-0.3, -0.25) is 9.69 Å². The Hall–Kier alpha value is -2.38. The monoisotopic (exact) mass is 331 g/mol. The standard InChI is InChI=1S/C17H21N3O4/c21-13-6-8-20(11-13)9-7-18-17(22)16-10-15(24-19-16)12-23-14-4-2-1-3-5-14/h1-5,10,13,21H,6-9,11-12H2,(H,18,22)/t13-/m1/s1. The van der Waals surface area contributed by atoms with Crippen molar-refractivity contribution in [3.05, 3.63) is 47.9 Å². The summed E-state index contributed by atoms with van der Waals surface area (Å²) in [5.74, 6) is 0.948. The SMILES string of the molecule is O=C(NCCN1CC[C@@H](O)C1)c1cc(COc2ccccc2)on1. The molecular weight excluding hydrogens is 310 g/mol. The van der Waals surface area contributed by atoms with Crippen LogP contribution in [-0.2, 0) is 6.61 Å². The summed E-state index contributed by atoms with van der Waals surface area (Å²) in [6.45, 7) is 2.97. The molecular formula is C17H21N3O4. The molecule has 1 aliphatic heterocycles. The van der Waals surface area contributed by atoms with Crippen LogP contribution in [0, 0.1) is 0 Å². The van der Waals surface area contributed by atoms with Gasteiger partial charge in [0.2, 0.25) is 0 Å². The number of nitrogens with zero attached hydrogens (tertiary/aromatic N) is 2. The summed E-state index contributed by atoms with van der Waals surface area (Å²) < 4.78 is 10.7. The van der Waals surface area contributed by atoms with E-state index in [1.165, 1.54) is 0 Å². The number of nitrogens with one attached hydrogen (secondary N) is 1. The van der Waals surface area contributed by atoms with Crippen LogP contribution >= 0.6 is 0 Å². The quantitative estimate of drug-likeness (QED) is 0.788. The molecule has 1 atom stereocenters. The van der Waals surface area contributed by atoms with Crippen LogP contribution in [0.5, 0.6) is 5.75 Å². The molecule has 0 bridgehead atoms. The molecule has 1 amide bonds. The third kappa shape index (κ3) is 4.56. The molecule has 7 heteroatoms. The van der Waals surface area contributed by atoms with Crippen LogP contribution in [0.25, 0.3) is 0 Å². The number of hydrogen-bond acceptors (Lipinski definition) is 6. The third-order valence-corrected chi connectivity index (χ3v) is 3.88. The topological polar surface area (TPSA) is 87.8 Å². The van der Waals surface area contributed by atoms with E-state index < -0.39 is 0 Å². The minimum atomic E-state index is -0.274. The average molecular weight is 331 g/mol. The molecule has 1 aliphatic rings. The first-order valence-corrected chi connectivity index (χ1v) is 8.03. The van der Waals surface area contributed by atoms with Gasteiger partial charge in [0.15, 0.2) is 11.5 Å². The van der Waals surface area contributed by atoms with Crippen LogP contribution in [0.15, 0.2) is 40.9 Å². The van der Waals surface area contributed by atoms with Crippen LogP contribution in [0.2, 0.25) is 0 Å². The van der Waals surface area contributed by atoms with Crippen molar-refractivity contribution in [2.45, 2.75) is 19.1 Å². The summed E-state index contributed by atoms with van der Waals surface area (Å²) in [5.41, 5.74) is 0.239. The van der Waals surface area contributed by atoms with Gasteiger partial charge in [-0.15, -0.1) is 0 Å². The highest BCUT2D eigenvalue weighted by atomic mass is 16.5. The van der Waals surface area contributed by atoms with Crippen LogP contribution in [0.3, 0.4) is 0 Å². The summed E-state index contributed by atoms with van der Waals surface area (Å²) in [6.07, 6.45) is 0.547. The summed E-state index contributed by atoms with van der Waals surface area (Å²) in [5, 5.41) is 16.0. The summed E-state index contributed by atoms with van der Waals surface area (Å²) in [6, 6.07) is 10.9. The molecule has 1 fully saturated rings. The van der Waals surface area contributed by atoms with Gasteiger partial charge in [-0.1, -0.05) is 23.4 Å². The van der Waals surface area contributed by atoms with Gasteiger partial charge in [-0.25, -0.2) is 0 Å². The number of amides is 1. The van der Waals surface area contributed by atoms with Gasteiger partial charge in [-0.05, 0) is 18.6 Å². The van der Waals surface area contributed by atoms with Crippen LogP contribution in [0.1, 0.15) is 22.7 Å². The Balaban J connectivity index is 1.42. The van der Waals surface area contributed by atoms with E-state index in [1.807, 2.05) is 30.3 Å². The number of benzene rings is 1. The molecule has 7 nitrogen and oxygen atoms in total. The lowest BCUT2D eigenvalue weighted by atomic mass is 10.3. The second-order valence-corrected chi connectivity index (χ2v) is 5.78. The maximum atomic E-state index is 12.0. The van der Waals surface area contributed by atoms with Gasteiger partial charge in [0.25, 0.3) is 5.91 Å². The number of aliphatic hydroxyl groups is 1. The number of aromatic nitrogens is 1. The molecule has 2 N–H and O–H groups in total. The zero-order valence-electron chi connectivity index (χ0n) is 13.4. The Kier molecular flexibility index (Phi) is 5.45. The Morgan fingerprint density at radius 2 is 2.25 bits per heavy atom. The molecule has 2 aromatic rings. The fourth-order valence-corrected chi connectivity index (χ4v) is 2.59. The molecule has 128 valence electrons. The fraction of sp³-hybridized carbons (Fsp3) is 0.412. The van der Waals surface area contributed by atoms with Gasteiger partial charge in [0.1, 0.15) is 12.4 Å². The Morgan fingerprint density at radius 1 is 1.42 bits per heavy atom. The van der Waals surface area contributed by atoms with E-state index in [-0.39, 0.29) is 24.3 Å². The van der Waals surface area contributed by atoms with Crippen molar-refractivity contribution in [2.75, 3.05) is 26.2 Å². The summed E-state index contributed by atoms with van der Waals surface area (Å²) in [4.78, 5) is 14.1. The Labute approximate surface area is 140 Å². The maximum Gasteiger partial charge on any atom is 0.273 e. The minimum absolute atomic E-state index is 0.218. The van der Waals surface area contributed by atoms with Crippen molar-refractivity contribution in [3.63, 3.8) is 0 Å². The van der Waals surface area contributed by atoms with Crippen molar-refractivity contribution < 1.29 is 19.2 Å². The van der Waals surface area contributed by atoms with E-state index in [4.69, 9.17) is 9.26 Å². The zero-order valence-corrected chi connectivity index (χ0v) is 13.4. The second-order valence-electron chi connectivity index (χ2n) is 5.78. The Morgan fingerprint density at radius 3 is 3.00 bits per heavy atom. The van der Waals surface area contributed by atoms with E-state index in [2.05, 4.69) is 15.4 Å². The molecule has 0 unspecified atom stereocenters. The number of aliphatic hydroxyl groups excluding tert-OH is 1. The number of β-amino-alcohol motifs (C(OH)–C–C–N with tert-alkyl or cyclic N) is 1. The van der Waals surface area contributed by atoms with Gasteiger partial charge < -0.3 is 19.7 Å². The second kappa shape index (κ2) is 7.94. The molecule has 0 saturated carbocycles. The van der Waals surface area contributed by atoms with Gasteiger partial charge >= 0.3 is 0 Å². The summed E-state index contributed by atoms with van der Waals surface area (Å²) >= 11 is 0. The number of ether oxygens (including phenoxy) is 1. The molecule has 1 aromatic carbocycles. The number of rotatable bonds is 7. The molecule has 0 spiro atoms. The summed E-state index contributed by atoms with van der Waals surface area (Å²) in [7, 11) is 0. The van der Waals surface area contributed by atoms with Crippen molar-refractivity contribution in [1.29, 1.82) is 0 Å². The van der Waals surface area contributed by atoms with Crippen molar-refractivity contribution >= 4 is 5.91 Å². The van der Waals surface area contributed by atoms with Gasteiger partial charge in [0, 0.05) is 32.2 Å². The highest BCUT2D eigenvalue weighted by molar-refractivity contribution is 5.92. The number of carbonyl (C=O) groups is 1. The van der Waals surface area contributed by atoms with Crippen molar-refractivity contribution in [3.8, 4) is 5.75 Å². The van der Waals surface area contributed by atoms with E-state index in [0.29, 0.717) is 25.4 Å². The number of likely N-dealkylation sites (tertiary alicyclic amines) is 1. The van der Waals surface area contributed by atoms with E-state index in [0.717, 1.165) is 18.7 Å². The average Bonchev–Trinajstić information content (AvgIpc) is 3.23. The van der Waals surface area contributed by atoms with Crippen LogP contribution in [0.4, 0.5) is 0 Å². The van der Waals surface area contributed by atoms with Crippen molar-refractivity contribution in [1.82, 2.24) is 15.4 Å². The molecule has 0 radical (unpaired) electrons. The van der Waals surface area contributed by atoms with Crippen LogP contribution < -0.4 is 10.1 Å². The van der Waals surface area contributed by atoms with E-state index >= 15 is 0 Å². The van der Waals surface area contributed by atoms with Crippen LogP contribution in [-0.4, -0.2) is 53.4 Å². The molecule has 2 heterocycles. The first kappa shape index (κ1) is 16.5. The van der Waals surface area contributed by atoms with E-state index in [9.17, 15) is 9.90 Å². The number of para-hydroxylation sites is 1. The third-order valence-electron chi connectivity index (χ3n) is 3.88. The van der Waals surface area contributed by atoms with Gasteiger partial charge in [-0.2, -0.15) is 0 Å². The Bertz CT molecular complexity index is 659. The first-order valence-electron chi connectivity index (χ1n) is 8.03. The molecule has 1 aromatic heterocycles. The lowest BCUT2D eigenvalue weighted by Crippen LogP contribution is -2.34. The largest absolute Gasteiger partial charge is 0.486 e. The van der Waals surface area contributed by atoms with E-state index in [1.54, 1.807) is 6.07 Å². The van der Waals surface area contributed by atoms with Crippen molar-refractivity contribution in [2.24, 2.45) is 0 Å². The molecule has 0 aliphatic carbocycles. The predicted octanol–water partition coefficient (Wildman–Crippen LogP) is 1.05. The normalized spacial score (nSPS) is 17.8. The molecule has 3 rings (SSSR count). The lowest BCUT2D eigenvalue weighted by molar-refractivity contribution is 0.0939. The molecule has 24 heavy (non-hydrogen) atoms. The predicted molar refractivity (Wildman–Crippen MR) is 86.7 cm³/mol. The maximum absolute atomic E-state index is 12.0. The minimum Gasteiger partial charge on any atom is -0.486 e. The number of hydrogen-bond donors (Lipinski definition) is 2. The first-order chi connectivity index (χ1) is 11.7. The van der Waals surface area contributed by atoms with Gasteiger partial charge in [0.05, 0.1) is 6.10 Å².